The zero-order valence-corrected chi connectivity index (χ0v) is 20.4. The predicted molar refractivity (Wildman–Crippen MR) is 139 cm³/mol. The number of aromatic nitrogens is 1. The number of aryl methyl sites for hydroxylation is 2. The maximum Gasteiger partial charge on any atom is 0.169 e. The van der Waals surface area contributed by atoms with E-state index in [0.29, 0.717) is 29.3 Å². The molecule has 6 heteroatoms. The van der Waals surface area contributed by atoms with Crippen LogP contribution in [0.25, 0.3) is 10.9 Å². The van der Waals surface area contributed by atoms with Crippen molar-refractivity contribution in [2.45, 2.75) is 45.1 Å². The number of nitrogens with zero attached hydrogens (tertiary/aromatic N) is 2. The molecule has 1 aliphatic heterocycles. The number of pyridine rings is 1. The molecule has 0 amide bonds. The van der Waals surface area contributed by atoms with Gasteiger partial charge in [-0.3, -0.25) is 14.8 Å². The van der Waals surface area contributed by atoms with Gasteiger partial charge in [-0.1, -0.05) is 54.1 Å². The van der Waals surface area contributed by atoms with E-state index in [9.17, 15) is 0 Å². The number of hydrogen-bond acceptors (Lipinski definition) is 5. The van der Waals surface area contributed by atoms with E-state index >= 15 is 4.39 Å². The van der Waals surface area contributed by atoms with Gasteiger partial charge in [0.1, 0.15) is 0 Å². The highest BCUT2D eigenvalue weighted by atomic mass is 19.1. The molecule has 6 rings (SSSR count). The number of amidine groups is 1. The number of para-hydroxylation sites is 1. The fraction of sp³-hybridized carbons (Fsp3) is 0.267. The first kappa shape index (κ1) is 22.7. The normalized spacial score (nSPS) is 17.5. The lowest BCUT2D eigenvalue weighted by molar-refractivity contribution is 0.0624. The van der Waals surface area contributed by atoms with Crippen molar-refractivity contribution in [2.75, 3.05) is 6.61 Å². The van der Waals surface area contributed by atoms with Crippen molar-refractivity contribution in [3.8, 4) is 11.5 Å². The molecule has 36 heavy (non-hydrogen) atoms. The average Bonchev–Trinajstić information content (AvgIpc) is 3.72. The maximum absolute atomic E-state index is 15.3. The van der Waals surface area contributed by atoms with E-state index in [2.05, 4.69) is 42.5 Å². The second kappa shape index (κ2) is 9.36. The molecule has 0 radical (unpaired) electrons. The Labute approximate surface area is 210 Å². The smallest absolute Gasteiger partial charge is 0.169 e. The van der Waals surface area contributed by atoms with Crippen LogP contribution in [0.2, 0.25) is 0 Å². The first-order valence-corrected chi connectivity index (χ1v) is 12.4. The van der Waals surface area contributed by atoms with Crippen molar-refractivity contribution >= 4 is 16.7 Å². The van der Waals surface area contributed by atoms with Crippen molar-refractivity contribution < 1.29 is 14.0 Å². The number of rotatable bonds is 6. The molecule has 182 valence electrons. The van der Waals surface area contributed by atoms with Crippen LogP contribution in [0.1, 0.15) is 46.6 Å². The second-order valence-corrected chi connectivity index (χ2v) is 9.73. The molecule has 0 bridgehead atoms. The number of ether oxygens (including phenoxy) is 1. The number of hydrogen-bond donors (Lipinski definition) is 1. The zero-order chi connectivity index (χ0) is 24.6. The van der Waals surface area contributed by atoms with Crippen LogP contribution in [0.5, 0.6) is 11.5 Å². The van der Waals surface area contributed by atoms with Gasteiger partial charge in [0.2, 0.25) is 0 Å². The molecule has 1 aromatic heterocycles. The van der Waals surface area contributed by atoms with Gasteiger partial charge in [-0.05, 0) is 67.9 Å². The number of benzene rings is 3. The van der Waals surface area contributed by atoms with Crippen LogP contribution in [0.15, 0.2) is 71.9 Å². The third-order valence-electron chi connectivity index (χ3n) is 6.92. The summed E-state index contributed by atoms with van der Waals surface area (Å²) in [6.45, 7) is 4.68. The van der Waals surface area contributed by atoms with Gasteiger partial charge in [0, 0.05) is 5.39 Å². The van der Waals surface area contributed by atoms with Crippen LogP contribution >= 0.6 is 0 Å². The number of fused-ring (bicyclic) bond motifs is 1. The van der Waals surface area contributed by atoms with E-state index in [0.717, 1.165) is 30.2 Å². The maximum atomic E-state index is 15.3. The lowest BCUT2D eigenvalue weighted by atomic mass is 9.99. The summed E-state index contributed by atoms with van der Waals surface area (Å²) in [6.07, 6.45) is 4.43. The lowest BCUT2D eigenvalue weighted by Gasteiger charge is -2.24. The molecule has 4 aromatic rings. The molecule has 0 spiro atoms. The predicted octanol–water partition coefficient (Wildman–Crippen LogP) is 6.55. The van der Waals surface area contributed by atoms with Gasteiger partial charge in [0.05, 0.1) is 29.9 Å². The van der Waals surface area contributed by atoms with Crippen molar-refractivity contribution in [2.24, 2.45) is 4.99 Å². The van der Waals surface area contributed by atoms with Crippen LogP contribution in [0.3, 0.4) is 0 Å². The van der Waals surface area contributed by atoms with Crippen LogP contribution < -0.4 is 10.2 Å². The largest absolute Gasteiger partial charge is 0.452 e. The number of hydroxylamine groups is 1. The third kappa shape index (κ3) is 4.44. The molecule has 5 nitrogen and oxygen atoms in total. The average molecular weight is 482 g/mol. The van der Waals surface area contributed by atoms with Crippen molar-refractivity contribution in [1.82, 2.24) is 10.5 Å². The van der Waals surface area contributed by atoms with Crippen LogP contribution in [-0.4, -0.2) is 23.5 Å². The monoisotopic (exact) mass is 481 g/mol. The summed E-state index contributed by atoms with van der Waals surface area (Å²) in [4.78, 5) is 15.4. The first-order chi connectivity index (χ1) is 17.6. The summed E-state index contributed by atoms with van der Waals surface area (Å²) in [5.41, 5.74) is 8.95. The van der Waals surface area contributed by atoms with Crippen LogP contribution in [-0.2, 0) is 11.3 Å². The lowest BCUT2D eigenvalue weighted by Crippen LogP contribution is -2.37. The minimum atomic E-state index is -0.304. The SMILES string of the molecule is Cc1ccc(C[C@@H]2CONC(c3c(Oc4cccc(C5CC5)c4F)cnc4ccccc34)=N2)c(C)c1. The quantitative estimate of drug-likeness (QED) is 0.339. The van der Waals surface area contributed by atoms with E-state index in [4.69, 9.17) is 14.6 Å². The summed E-state index contributed by atoms with van der Waals surface area (Å²) in [7, 11) is 0. The molecule has 1 aliphatic carbocycles. The first-order valence-electron chi connectivity index (χ1n) is 12.4. The Bertz CT molecular complexity index is 1480. The minimum absolute atomic E-state index is 0.0719. The second-order valence-electron chi connectivity index (χ2n) is 9.73. The Hall–Kier alpha value is -3.77. The number of halogens is 1. The fourth-order valence-electron chi connectivity index (χ4n) is 4.88. The zero-order valence-electron chi connectivity index (χ0n) is 20.4. The molecule has 0 saturated heterocycles. The van der Waals surface area contributed by atoms with E-state index in [1.807, 2.05) is 36.4 Å². The van der Waals surface area contributed by atoms with Gasteiger partial charge < -0.3 is 4.74 Å². The molecule has 1 N–H and O–H groups in total. The van der Waals surface area contributed by atoms with E-state index < -0.39 is 0 Å². The van der Waals surface area contributed by atoms with Crippen molar-refractivity contribution in [3.05, 3.63) is 100 Å². The van der Waals surface area contributed by atoms with Gasteiger partial charge in [-0.2, -0.15) is 0 Å². The Kier molecular flexibility index (Phi) is 5.89. The topological polar surface area (TPSA) is 55.7 Å². The standard InChI is InChI=1S/C30H28FN3O2/c1-18-10-11-21(19(2)14-18)15-22-17-35-34-30(33-22)28-24-6-3-4-8-25(24)32-16-27(28)36-26-9-5-7-23(29(26)31)20-12-13-20/h3-11,14,16,20,22H,12-13,15,17H2,1-2H3,(H,33,34)/t22-/m1/s1. The molecule has 3 aromatic carbocycles. The minimum Gasteiger partial charge on any atom is -0.452 e. The molecule has 1 saturated carbocycles. The highest BCUT2D eigenvalue weighted by Crippen LogP contribution is 2.43. The summed E-state index contributed by atoms with van der Waals surface area (Å²) in [5.74, 6) is 1.17. The van der Waals surface area contributed by atoms with Gasteiger partial charge in [-0.15, -0.1) is 0 Å². The van der Waals surface area contributed by atoms with Crippen molar-refractivity contribution in [1.29, 1.82) is 0 Å². The Balaban J connectivity index is 1.40. The number of aliphatic imine (C=N–C) groups is 1. The van der Waals surface area contributed by atoms with E-state index in [1.54, 1.807) is 12.3 Å². The van der Waals surface area contributed by atoms with Crippen molar-refractivity contribution in [3.63, 3.8) is 0 Å². The Morgan fingerprint density at radius 3 is 2.72 bits per heavy atom. The molecule has 1 fully saturated rings. The van der Waals surface area contributed by atoms with Gasteiger partial charge in [0.25, 0.3) is 0 Å². The summed E-state index contributed by atoms with van der Waals surface area (Å²) < 4.78 is 21.5. The van der Waals surface area contributed by atoms with Crippen LogP contribution in [0.4, 0.5) is 4.39 Å². The number of nitrogens with one attached hydrogen (secondary N) is 1. The molecular formula is C30H28FN3O2. The molecular weight excluding hydrogens is 453 g/mol. The highest BCUT2D eigenvalue weighted by Gasteiger charge is 2.29. The van der Waals surface area contributed by atoms with E-state index in [-0.39, 0.29) is 23.5 Å². The summed E-state index contributed by atoms with van der Waals surface area (Å²) in [6, 6.07) is 19.6. The molecule has 1 atom stereocenters. The van der Waals surface area contributed by atoms with E-state index in [1.165, 1.54) is 16.7 Å². The summed E-state index contributed by atoms with van der Waals surface area (Å²) in [5, 5.41) is 0.857. The van der Waals surface area contributed by atoms with Gasteiger partial charge in [-0.25, -0.2) is 9.87 Å². The molecule has 2 heterocycles. The fourth-order valence-corrected chi connectivity index (χ4v) is 4.88. The molecule has 0 unspecified atom stereocenters. The highest BCUT2D eigenvalue weighted by molar-refractivity contribution is 6.11. The summed E-state index contributed by atoms with van der Waals surface area (Å²) >= 11 is 0. The third-order valence-corrected chi connectivity index (χ3v) is 6.92. The van der Waals surface area contributed by atoms with Gasteiger partial charge in [0.15, 0.2) is 23.2 Å². The Morgan fingerprint density at radius 2 is 1.89 bits per heavy atom. The Morgan fingerprint density at radius 1 is 1.03 bits per heavy atom. The van der Waals surface area contributed by atoms with Gasteiger partial charge >= 0.3 is 0 Å². The van der Waals surface area contributed by atoms with Crippen LogP contribution in [0, 0.1) is 19.7 Å². The molecule has 2 aliphatic rings.